The second kappa shape index (κ2) is 7.45. The van der Waals surface area contributed by atoms with E-state index in [1.165, 1.54) is 6.42 Å². The Morgan fingerprint density at radius 2 is 2.18 bits per heavy atom. The maximum Gasteiger partial charge on any atom is 0.0735 e. The summed E-state index contributed by atoms with van der Waals surface area (Å²) in [5.41, 5.74) is 0.997. The van der Waals surface area contributed by atoms with E-state index in [1.54, 1.807) is 6.07 Å². The third kappa shape index (κ3) is 4.65. The van der Waals surface area contributed by atoms with Crippen LogP contribution in [0.25, 0.3) is 0 Å². The average Bonchev–Trinajstić information content (AvgIpc) is 2.29. The maximum atomic E-state index is 6.07. The first kappa shape index (κ1) is 15.1. The van der Waals surface area contributed by atoms with E-state index in [2.05, 4.69) is 5.32 Å². The normalized spacial score (nSPS) is 19.8. The number of hydrogen-bond donors (Lipinski definition) is 1. The van der Waals surface area contributed by atoms with E-state index in [0.717, 1.165) is 25.1 Å². The predicted molar refractivity (Wildman–Crippen MR) is 74.4 cm³/mol. The average molecular weight is 297 g/mol. The van der Waals surface area contributed by atoms with E-state index in [9.17, 15) is 0 Å². The van der Waals surface area contributed by atoms with Crippen LogP contribution in [0, 0.1) is 0 Å². The van der Waals surface area contributed by atoms with Crippen LogP contribution in [-0.2, 0) is 11.3 Å². The molecule has 1 aromatic rings. The van der Waals surface area contributed by atoms with Gasteiger partial charge in [0.05, 0.1) is 12.7 Å². The molecule has 0 radical (unpaired) electrons. The first-order valence-electron chi connectivity index (χ1n) is 5.52. The maximum absolute atomic E-state index is 6.07. The summed E-state index contributed by atoms with van der Waals surface area (Å²) in [6.07, 6.45) is 2.61. The second-order valence-corrected chi connectivity index (χ2v) is 4.86. The van der Waals surface area contributed by atoms with E-state index >= 15 is 0 Å². The van der Waals surface area contributed by atoms with Crippen molar-refractivity contribution in [2.75, 3.05) is 13.1 Å². The van der Waals surface area contributed by atoms with Gasteiger partial charge < -0.3 is 10.1 Å². The molecular formula is C12H16Cl3NO. The summed E-state index contributed by atoms with van der Waals surface area (Å²) in [5, 5.41) is 4.65. The summed E-state index contributed by atoms with van der Waals surface area (Å²) >= 11 is 11.9. The zero-order chi connectivity index (χ0) is 11.4. The van der Waals surface area contributed by atoms with Crippen molar-refractivity contribution >= 4 is 35.6 Å². The van der Waals surface area contributed by atoms with Gasteiger partial charge in [-0.1, -0.05) is 29.3 Å². The van der Waals surface area contributed by atoms with E-state index < -0.39 is 0 Å². The van der Waals surface area contributed by atoms with Crippen molar-refractivity contribution < 1.29 is 4.74 Å². The number of piperidine rings is 1. The number of nitrogens with one attached hydrogen (secondary N) is 1. The van der Waals surface area contributed by atoms with Gasteiger partial charge in [0.25, 0.3) is 0 Å². The number of hydrogen-bond acceptors (Lipinski definition) is 2. The van der Waals surface area contributed by atoms with Crippen LogP contribution in [0.4, 0.5) is 0 Å². The molecule has 0 aromatic heterocycles. The summed E-state index contributed by atoms with van der Waals surface area (Å²) in [6, 6.07) is 5.51. The minimum atomic E-state index is 0. The fourth-order valence-electron chi connectivity index (χ4n) is 1.81. The van der Waals surface area contributed by atoms with E-state index in [4.69, 9.17) is 27.9 Å². The van der Waals surface area contributed by atoms with Crippen LogP contribution in [0.1, 0.15) is 18.4 Å². The van der Waals surface area contributed by atoms with Crippen molar-refractivity contribution in [3.63, 3.8) is 0 Å². The molecule has 0 saturated carbocycles. The SMILES string of the molecule is Cl.Clc1ccc(COC2CCCNC2)c(Cl)c1. The van der Waals surface area contributed by atoms with Gasteiger partial charge in [0.1, 0.15) is 0 Å². The second-order valence-electron chi connectivity index (χ2n) is 4.02. The van der Waals surface area contributed by atoms with Crippen molar-refractivity contribution in [2.45, 2.75) is 25.6 Å². The monoisotopic (exact) mass is 295 g/mol. The first-order valence-corrected chi connectivity index (χ1v) is 6.27. The number of benzene rings is 1. The minimum absolute atomic E-state index is 0. The van der Waals surface area contributed by atoms with E-state index in [1.807, 2.05) is 12.1 Å². The lowest BCUT2D eigenvalue weighted by Gasteiger charge is -2.23. The summed E-state index contributed by atoms with van der Waals surface area (Å²) in [6.45, 7) is 2.59. The molecule has 1 unspecified atom stereocenters. The van der Waals surface area contributed by atoms with Crippen LogP contribution in [0.2, 0.25) is 10.0 Å². The van der Waals surface area contributed by atoms with Gasteiger partial charge in [-0.3, -0.25) is 0 Å². The highest BCUT2D eigenvalue weighted by Crippen LogP contribution is 2.22. The quantitative estimate of drug-likeness (QED) is 0.918. The predicted octanol–water partition coefficient (Wildman–Crippen LogP) is 3.68. The largest absolute Gasteiger partial charge is 0.372 e. The Morgan fingerprint density at radius 3 is 2.82 bits per heavy atom. The molecule has 0 amide bonds. The molecule has 5 heteroatoms. The Balaban J connectivity index is 0.00000144. The third-order valence-electron chi connectivity index (χ3n) is 2.74. The molecule has 1 aliphatic heterocycles. The standard InChI is InChI=1S/C12H15Cl2NO.ClH/c13-10-4-3-9(12(14)6-10)8-16-11-2-1-5-15-7-11;/h3-4,6,11,15H,1-2,5,7-8H2;1H. The van der Waals surface area contributed by atoms with E-state index in [-0.39, 0.29) is 12.4 Å². The van der Waals surface area contributed by atoms with Crippen LogP contribution in [0.15, 0.2) is 18.2 Å². The molecule has 1 atom stereocenters. The van der Waals surface area contributed by atoms with Gasteiger partial charge in [-0.25, -0.2) is 0 Å². The number of ether oxygens (including phenoxy) is 1. The molecule has 1 fully saturated rings. The molecule has 1 aliphatic rings. The van der Waals surface area contributed by atoms with Crippen molar-refractivity contribution in [1.29, 1.82) is 0 Å². The Morgan fingerprint density at radius 1 is 1.35 bits per heavy atom. The van der Waals surface area contributed by atoms with Gasteiger partial charge in [-0.2, -0.15) is 0 Å². The van der Waals surface area contributed by atoms with Gasteiger partial charge in [0.2, 0.25) is 0 Å². The summed E-state index contributed by atoms with van der Waals surface area (Å²) < 4.78 is 5.80. The molecular weight excluding hydrogens is 280 g/mol. The van der Waals surface area contributed by atoms with Gasteiger partial charge in [0, 0.05) is 16.6 Å². The van der Waals surface area contributed by atoms with Gasteiger partial charge in [-0.15, -0.1) is 12.4 Å². The van der Waals surface area contributed by atoms with Crippen molar-refractivity contribution in [1.82, 2.24) is 5.32 Å². The molecule has 0 spiro atoms. The molecule has 0 bridgehead atoms. The van der Waals surface area contributed by atoms with Gasteiger partial charge in [-0.05, 0) is 37.1 Å². The summed E-state index contributed by atoms with van der Waals surface area (Å²) in [5.74, 6) is 0. The topological polar surface area (TPSA) is 21.3 Å². The van der Waals surface area contributed by atoms with Crippen molar-refractivity contribution in [2.24, 2.45) is 0 Å². The fourth-order valence-corrected chi connectivity index (χ4v) is 2.27. The molecule has 1 aromatic carbocycles. The molecule has 2 rings (SSSR count). The smallest absolute Gasteiger partial charge is 0.0735 e. The van der Waals surface area contributed by atoms with Crippen LogP contribution >= 0.6 is 35.6 Å². The third-order valence-corrected chi connectivity index (χ3v) is 3.33. The fraction of sp³-hybridized carbons (Fsp3) is 0.500. The number of rotatable bonds is 3. The van der Waals surface area contributed by atoms with E-state index in [0.29, 0.717) is 22.8 Å². The molecule has 1 heterocycles. The van der Waals surface area contributed by atoms with Crippen LogP contribution in [0.5, 0.6) is 0 Å². The molecule has 0 aliphatic carbocycles. The molecule has 1 N–H and O–H groups in total. The van der Waals surface area contributed by atoms with Crippen LogP contribution in [0.3, 0.4) is 0 Å². The Kier molecular flexibility index (Phi) is 6.60. The highest BCUT2D eigenvalue weighted by atomic mass is 35.5. The number of halogens is 3. The Labute approximate surface area is 118 Å². The van der Waals surface area contributed by atoms with Gasteiger partial charge >= 0.3 is 0 Å². The van der Waals surface area contributed by atoms with Gasteiger partial charge in [0.15, 0.2) is 0 Å². The lowest BCUT2D eigenvalue weighted by atomic mass is 10.1. The molecule has 96 valence electrons. The molecule has 1 saturated heterocycles. The zero-order valence-electron chi connectivity index (χ0n) is 9.42. The van der Waals surface area contributed by atoms with Crippen LogP contribution < -0.4 is 5.32 Å². The zero-order valence-corrected chi connectivity index (χ0v) is 11.7. The van der Waals surface area contributed by atoms with Crippen molar-refractivity contribution in [3.05, 3.63) is 33.8 Å². The summed E-state index contributed by atoms with van der Waals surface area (Å²) in [4.78, 5) is 0. The summed E-state index contributed by atoms with van der Waals surface area (Å²) in [7, 11) is 0. The molecule has 17 heavy (non-hydrogen) atoms. The first-order chi connectivity index (χ1) is 7.75. The Hall–Kier alpha value is 0.01000. The lowest BCUT2D eigenvalue weighted by molar-refractivity contribution is 0.0253. The highest BCUT2D eigenvalue weighted by molar-refractivity contribution is 6.35. The Bertz CT molecular complexity index is 354. The van der Waals surface area contributed by atoms with Crippen LogP contribution in [-0.4, -0.2) is 19.2 Å². The minimum Gasteiger partial charge on any atom is -0.372 e. The molecule has 2 nitrogen and oxygen atoms in total. The highest BCUT2D eigenvalue weighted by Gasteiger charge is 2.13. The van der Waals surface area contributed by atoms with Crippen molar-refractivity contribution in [3.8, 4) is 0 Å². The lowest BCUT2D eigenvalue weighted by Crippen LogP contribution is -2.35.